The van der Waals surface area contributed by atoms with Gasteiger partial charge in [0.2, 0.25) is 0 Å². The summed E-state index contributed by atoms with van der Waals surface area (Å²) in [5.74, 6) is 1.35. The Morgan fingerprint density at radius 3 is 2.47 bits per heavy atom. The molecule has 106 valence electrons. The van der Waals surface area contributed by atoms with E-state index in [2.05, 4.69) is 0 Å². The zero-order valence-corrected chi connectivity index (χ0v) is 11.5. The molecule has 0 bridgehead atoms. The predicted octanol–water partition coefficient (Wildman–Crippen LogP) is 4.45. The number of thioether (sulfide) groups is 1. The minimum Gasteiger partial charge on any atom is -0.326 e. The van der Waals surface area contributed by atoms with Crippen LogP contribution in [0.1, 0.15) is 36.8 Å². The minimum atomic E-state index is -4.30. The summed E-state index contributed by atoms with van der Waals surface area (Å²) in [6.45, 7) is 0.136. The van der Waals surface area contributed by atoms with Crippen molar-refractivity contribution in [3.63, 3.8) is 0 Å². The van der Waals surface area contributed by atoms with Crippen LogP contribution in [0, 0.1) is 5.92 Å². The third-order valence-corrected chi connectivity index (χ3v) is 4.84. The molecular weight excluding hydrogens is 271 g/mol. The SMILES string of the molecule is NCc1ccc(SCC2CCCC2)c(C(F)(F)F)c1. The van der Waals surface area contributed by atoms with Gasteiger partial charge in [-0.15, -0.1) is 11.8 Å². The van der Waals surface area contributed by atoms with Gasteiger partial charge in [-0.1, -0.05) is 18.9 Å². The van der Waals surface area contributed by atoms with Gasteiger partial charge in [0.1, 0.15) is 0 Å². The summed E-state index contributed by atoms with van der Waals surface area (Å²) >= 11 is 1.33. The molecule has 19 heavy (non-hydrogen) atoms. The summed E-state index contributed by atoms with van der Waals surface area (Å²) < 4.78 is 39.0. The third-order valence-electron chi connectivity index (χ3n) is 3.53. The zero-order chi connectivity index (χ0) is 13.9. The topological polar surface area (TPSA) is 26.0 Å². The molecule has 1 nitrogen and oxygen atoms in total. The molecule has 1 aromatic rings. The van der Waals surface area contributed by atoms with E-state index in [0.717, 1.165) is 18.6 Å². The fourth-order valence-electron chi connectivity index (χ4n) is 2.44. The Hall–Kier alpha value is -0.680. The van der Waals surface area contributed by atoms with Gasteiger partial charge in [-0.2, -0.15) is 13.2 Å². The number of benzene rings is 1. The molecular formula is C14H18F3NS. The first-order valence-electron chi connectivity index (χ1n) is 6.53. The van der Waals surface area contributed by atoms with E-state index in [0.29, 0.717) is 16.4 Å². The second-order valence-corrected chi connectivity index (χ2v) is 6.06. The second kappa shape index (κ2) is 6.18. The van der Waals surface area contributed by atoms with Crippen molar-refractivity contribution in [3.05, 3.63) is 29.3 Å². The lowest BCUT2D eigenvalue weighted by Crippen LogP contribution is -2.09. The lowest BCUT2D eigenvalue weighted by molar-refractivity contribution is -0.139. The van der Waals surface area contributed by atoms with E-state index < -0.39 is 11.7 Å². The molecule has 0 spiro atoms. The van der Waals surface area contributed by atoms with Crippen molar-refractivity contribution in [2.24, 2.45) is 11.7 Å². The van der Waals surface area contributed by atoms with E-state index >= 15 is 0 Å². The van der Waals surface area contributed by atoms with Crippen LogP contribution in [0.2, 0.25) is 0 Å². The first-order valence-corrected chi connectivity index (χ1v) is 7.52. The number of rotatable bonds is 4. The summed E-state index contributed by atoms with van der Waals surface area (Å²) in [5.41, 5.74) is 5.39. The normalized spacial score (nSPS) is 17.1. The maximum absolute atomic E-state index is 13.0. The fourth-order valence-corrected chi connectivity index (χ4v) is 3.68. The molecule has 0 amide bonds. The van der Waals surface area contributed by atoms with Gasteiger partial charge in [0.25, 0.3) is 0 Å². The fraction of sp³-hybridized carbons (Fsp3) is 0.571. The highest BCUT2D eigenvalue weighted by molar-refractivity contribution is 7.99. The van der Waals surface area contributed by atoms with Crippen LogP contribution in [-0.2, 0) is 12.7 Å². The maximum atomic E-state index is 13.0. The van der Waals surface area contributed by atoms with Gasteiger partial charge in [0.05, 0.1) is 5.56 Å². The van der Waals surface area contributed by atoms with Gasteiger partial charge in [-0.25, -0.2) is 0 Å². The Labute approximate surface area is 115 Å². The molecule has 0 heterocycles. The maximum Gasteiger partial charge on any atom is 0.417 e. The Morgan fingerprint density at radius 2 is 1.89 bits per heavy atom. The average Bonchev–Trinajstić information content (AvgIpc) is 2.88. The third kappa shape index (κ3) is 3.89. The zero-order valence-electron chi connectivity index (χ0n) is 10.7. The van der Waals surface area contributed by atoms with E-state index in [4.69, 9.17) is 5.73 Å². The van der Waals surface area contributed by atoms with Gasteiger partial charge < -0.3 is 5.73 Å². The van der Waals surface area contributed by atoms with Crippen LogP contribution in [0.4, 0.5) is 13.2 Å². The van der Waals surface area contributed by atoms with Crippen LogP contribution in [0.5, 0.6) is 0 Å². The summed E-state index contributed by atoms with van der Waals surface area (Å²) in [6.07, 6.45) is 0.417. The first kappa shape index (κ1) is 14.7. The number of hydrogen-bond donors (Lipinski definition) is 1. The highest BCUT2D eigenvalue weighted by Gasteiger charge is 2.34. The van der Waals surface area contributed by atoms with Crippen LogP contribution in [0.15, 0.2) is 23.1 Å². The molecule has 0 unspecified atom stereocenters. The van der Waals surface area contributed by atoms with Crippen molar-refractivity contribution in [3.8, 4) is 0 Å². The van der Waals surface area contributed by atoms with E-state index in [9.17, 15) is 13.2 Å². The summed E-state index contributed by atoms with van der Waals surface area (Å²) in [7, 11) is 0. The Balaban J connectivity index is 2.13. The predicted molar refractivity (Wildman–Crippen MR) is 72.0 cm³/mol. The van der Waals surface area contributed by atoms with Crippen molar-refractivity contribution >= 4 is 11.8 Å². The molecule has 0 aliphatic heterocycles. The smallest absolute Gasteiger partial charge is 0.326 e. The lowest BCUT2D eigenvalue weighted by atomic mass is 10.1. The van der Waals surface area contributed by atoms with Crippen LogP contribution in [0.3, 0.4) is 0 Å². The van der Waals surface area contributed by atoms with Crippen molar-refractivity contribution in [1.82, 2.24) is 0 Å². The molecule has 0 saturated heterocycles. The molecule has 1 aliphatic rings. The van der Waals surface area contributed by atoms with Gasteiger partial charge in [0, 0.05) is 17.2 Å². The first-order chi connectivity index (χ1) is 9.00. The van der Waals surface area contributed by atoms with E-state index in [1.54, 1.807) is 12.1 Å². The lowest BCUT2D eigenvalue weighted by Gasteiger charge is -2.15. The summed E-state index contributed by atoms with van der Waals surface area (Å²) in [4.78, 5) is 0.330. The molecule has 0 radical (unpaired) electrons. The van der Waals surface area contributed by atoms with Crippen molar-refractivity contribution in [2.45, 2.75) is 43.3 Å². The van der Waals surface area contributed by atoms with Crippen LogP contribution in [-0.4, -0.2) is 5.75 Å². The Morgan fingerprint density at radius 1 is 1.21 bits per heavy atom. The molecule has 1 saturated carbocycles. The highest BCUT2D eigenvalue weighted by Crippen LogP contribution is 2.39. The van der Waals surface area contributed by atoms with Crippen LogP contribution < -0.4 is 5.73 Å². The molecule has 1 aromatic carbocycles. The summed E-state index contributed by atoms with van der Waals surface area (Å²) in [5, 5.41) is 0. The monoisotopic (exact) mass is 289 g/mol. The van der Waals surface area contributed by atoms with Crippen LogP contribution in [0.25, 0.3) is 0 Å². The summed E-state index contributed by atoms with van der Waals surface area (Å²) in [6, 6.07) is 4.42. The Bertz CT molecular complexity index is 425. The van der Waals surface area contributed by atoms with Crippen LogP contribution >= 0.6 is 11.8 Å². The van der Waals surface area contributed by atoms with Gasteiger partial charge in [-0.3, -0.25) is 0 Å². The molecule has 0 atom stereocenters. The number of hydrogen-bond acceptors (Lipinski definition) is 2. The minimum absolute atomic E-state index is 0.136. The molecule has 2 N–H and O–H groups in total. The number of halogens is 3. The van der Waals surface area contributed by atoms with Gasteiger partial charge in [-0.05, 0) is 36.5 Å². The quantitative estimate of drug-likeness (QED) is 0.829. The van der Waals surface area contributed by atoms with E-state index in [-0.39, 0.29) is 6.54 Å². The standard InChI is InChI=1S/C14H18F3NS/c15-14(16,17)12-7-11(8-18)5-6-13(12)19-9-10-3-1-2-4-10/h5-7,10H,1-4,8-9,18H2. The molecule has 0 aromatic heterocycles. The highest BCUT2D eigenvalue weighted by atomic mass is 32.2. The van der Waals surface area contributed by atoms with Crippen molar-refractivity contribution in [1.29, 1.82) is 0 Å². The second-order valence-electron chi connectivity index (χ2n) is 4.99. The van der Waals surface area contributed by atoms with Gasteiger partial charge >= 0.3 is 6.18 Å². The molecule has 1 fully saturated rings. The Kier molecular flexibility index (Phi) is 4.79. The van der Waals surface area contributed by atoms with E-state index in [1.807, 2.05) is 0 Å². The molecule has 1 aliphatic carbocycles. The largest absolute Gasteiger partial charge is 0.417 e. The van der Waals surface area contributed by atoms with Crippen molar-refractivity contribution in [2.75, 3.05) is 5.75 Å². The number of nitrogens with two attached hydrogens (primary N) is 1. The van der Waals surface area contributed by atoms with E-state index in [1.165, 1.54) is 30.7 Å². The molecule has 2 rings (SSSR count). The van der Waals surface area contributed by atoms with Crippen molar-refractivity contribution < 1.29 is 13.2 Å². The van der Waals surface area contributed by atoms with Gasteiger partial charge in [0.15, 0.2) is 0 Å². The number of alkyl halides is 3. The molecule has 5 heteroatoms. The average molecular weight is 289 g/mol.